The molecule has 0 fully saturated rings. The maximum Gasteiger partial charge on any atom is 0.0735 e. The van der Waals surface area contributed by atoms with Gasteiger partial charge in [-0.2, -0.15) is 0 Å². The molecule has 0 spiro atoms. The van der Waals surface area contributed by atoms with Gasteiger partial charge in [-0.3, -0.25) is 5.84 Å². The molecule has 0 heterocycles. The van der Waals surface area contributed by atoms with Gasteiger partial charge in [-0.1, -0.05) is 41.4 Å². The monoisotopic (exact) mass is 406 g/mol. The molecular weight excluding hydrogens is 394 g/mol. The Morgan fingerprint density at radius 3 is 2.58 bits per heavy atom. The second-order valence-corrected chi connectivity index (χ2v) is 6.17. The van der Waals surface area contributed by atoms with Crippen LogP contribution in [0.15, 0.2) is 36.4 Å². The summed E-state index contributed by atoms with van der Waals surface area (Å²) in [4.78, 5) is 0. The summed E-state index contributed by atoms with van der Waals surface area (Å²) in [6.45, 7) is 2.07. The average Bonchev–Trinajstić information content (AvgIpc) is 2.39. The molecule has 2 aromatic carbocycles. The van der Waals surface area contributed by atoms with Crippen molar-refractivity contribution in [3.63, 3.8) is 0 Å². The summed E-state index contributed by atoms with van der Waals surface area (Å²) in [5, 5.41) is 1.28. The number of halogens is 3. The molecule has 5 heteroatoms. The van der Waals surface area contributed by atoms with Gasteiger partial charge in [0, 0.05) is 13.6 Å². The Balaban J connectivity index is 2.56. The van der Waals surface area contributed by atoms with Crippen molar-refractivity contribution in [2.75, 3.05) is 0 Å². The smallest absolute Gasteiger partial charge is 0.0735 e. The van der Waals surface area contributed by atoms with Gasteiger partial charge in [0.15, 0.2) is 0 Å². The Morgan fingerprint density at radius 1 is 1.16 bits per heavy atom. The summed E-state index contributed by atoms with van der Waals surface area (Å²) < 4.78 is 1.17. The van der Waals surface area contributed by atoms with Gasteiger partial charge in [-0.15, -0.1) is 0 Å². The first kappa shape index (κ1) is 15.1. The van der Waals surface area contributed by atoms with E-state index in [1.54, 1.807) is 12.1 Å². The quantitative estimate of drug-likeness (QED) is 0.448. The Morgan fingerprint density at radius 2 is 1.89 bits per heavy atom. The van der Waals surface area contributed by atoms with Gasteiger partial charge in [-0.05, 0) is 64.4 Å². The number of hydrogen-bond donors (Lipinski definition) is 2. The van der Waals surface area contributed by atoms with E-state index in [-0.39, 0.29) is 6.04 Å². The Hall–Kier alpha value is -0.330. The summed E-state index contributed by atoms with van der Waals surface area (Å²) in [6, 6.07) is 11.3. The van der Waals surface area contributed by atoms with E-state index in [0.717, 1.165) is 11.1 Å². The molecule has 19 heavy (non-hydrogen) atoms. The van der Waals surface area contributed by atoms with Crippen molar-refractivity contribution in [1.29, 1.82) is 0 Å². The molecule has 0 saturated carbocycles. The molecule has 0 radical (unpaired) electrons. The molecule has 2 rings (SSSR count). The highest BCUT2D eigenvalue weighted by Gasteiger charge is 2.19. The third-order valence-electron chi connectivity index (χ3n) is 2.97. The lowest BCUT2D eigenvalue weighted by Gasteiger charge is -2.20. The topological polar surface area (TPSA) is 38.0 Å². The number of hydrazine groups is 1. The van der Waals surface area contributed by atoms with Gasteiger partial charge in [0.2, 0.25) is 0 Å². The summed E-state index contributed by atoms with van der Waals surface area (Å²) >= 11 is 14.6. The van der Waals surface area contributed by atoms with E-state index >= 15 is 0 Å². The largest absolute Gasteiger partial charge is 0.271 e. The first-order valence-electron chi connectivity index (χ1n) is 5.70. The Bertz CT molecular complexity index is 600. The van der Waals surface area contributed by atoms with Gasteiger partial charge in [0.25, 0.3) is 0 Å². The van der Waals surface area contributed by atoms with Crippen molar-refractivity contribution in [3.05, 3.63) is 66.7 Å². The lowest BCUT2D eigenvalue weighted by molar-refractivity contribution is 0.634. The SMILES string of the molecule is Cc1cccc(C(NN)c2cc(Cl)ccc2Cl)c1I. The minimum atomic E-state index is -0.182. The number of hydrogen-bond acceptors (Lipinski definition) is 2. The van der Waals surface area contributed by atoms with Crippen LogP contribution in [0.5, 0.6) is 0 Å². The van der Waals surface area contributed by atoms with Crippen molar-refractivity contribution in [2.24, 2.45) is 5.84 Å². The third-order valence-corrected chi connectivity index (χ3v) is 5.02. The molecule has 0 aliphatic rings. The van der Waals surface area contributed by atoms with E-state index in [2.05, 4.69) is 41.0 Å². The average molecular weight is 407 g/mol. The zero-order valence-electron chi connectivity index (χ0n) is 10.3. The molecule has 1 unspecified atom stereocenters. The molecule has 100 valence electrons. The Labute approximate surface area is 136 Å². The lowest BCUT2D eigenvalue weighted by Crippen LogP contribution is -2.29. The van der Waals surface area contributed by atoms with E-state index in [1.165, 1.54) is 9.13 Å². The van der Waals surface area contributed by atoms with Crippen LogP contribution in [0.3, 0.4) is 0 Å². The molecule has 0 aromatic heterocycles. The fraction of sp³-hybridized carbons (Fsp3) is 0.143. The summed E-state index contributed by atoms with van der Waals surface area (Å²) in [5.41, 5.74) is 5.99. The highest BCUT2D eigenvalue weighted by atomic mass is 127. The molecule has 0 aliphatic carbocycles. The number of nitrogens with one attached hydrogen (secondary N) is 1. The van der Waals surface area contributed by atoms with Crippen LogP contribution in [0.2, 0.25) is 10.0 Å². The molecular formula is C14H13Cl2IN2. The number of benzene rings is 2. The molecule has 0 aliphatic heterocycles. The van der Waals surface area contributed by atoms with Crippen LogP contribution in [0.25, 0.3) is 0 Å². The molecule has 2 aromatic rings. The van der Waals surface area contributed by atoms with E-state index in [1.807, 2.05) is 18.2 Å². The molecule has 0 amide bonds. The predicted molar refractivity (Wildman–Crippen MR) is 89.5 cm³/mol. The second-order valence-electron chi connectivity index (χ2n) is 4.24. The summed E-state index contributed by atoms with van der Waals surface area (Å²) in [5.74, 6) is 5.72. The molecule has 2 nitrogen and oxygen atoms in total. The van der Waals surface area contributed by atoms with Crippen LogP contribution >= 0.6 is 45.8 Å². The van der Waals surface area contributed by atoms with Gasteiger partial charge in [0.05, 0.1) is 6.04 Å². The lowest BCUT2D eigenvalue weighted by atomic mass is 9.98. The number of aryl methyl sites for hydroxylation is 1. The van der Waals surface area contributed by atoms with E-state index in [9.17, 15) is 0 Å². The van der Waals surface area contributed by atoms with Crippen LogP contribution in [0.1, 0.15) is 22.7 Å². The standard InChI is InChI=1S/C14H13Cl2IN2/c1-8-3-2-4-10(13(8)17)14(19-18)11-7-9(15)5-6-12(11)16/h2-7,14,19H,18H2,1H3. The fourth-order valence-electron chi connectivity index (χ4n) is 1.98. The zero-order valence-corrected chi connectivity index (χ0v) is 13.9. The van der Waals surface area contributed by atoms with Gasteiger partial charge in [-0.25, -0.2) is 5.43 Å². The van der Waals surface area contributed by atoms with Gasteiger partial charge < -0.3 is 0 Å². The molecule has 3 N–H and O–H groups in total. The van der Waals surface area contributed by atoms with Crippen LogP contribution < -0.4 is 11.3 Å². The first-order chi connectivity index (χ1) is 9.04. The first-order valence-corrected chi connectivity index (χ1v) is 7.54. The molecule has 1 atom stereocenters. The van der Waals surface area contributed by atoms with Crippen LogP contribution in [-0.4, -0.2) is 0 Å². The van der Waals surface area contributed by atoms with Crippen LogP contribution in [-0.2, 0) is 0 Å². The maximum atomic E-state index is 6.26. The van der Waals surface area contributed by atoms with E-state index in [4.69, 9.17) is 29.0 Å². The molecule has 0 saturated heterocycles. The van der Waals surface area contributed by atoms with Crippen molar-refractivity contribution < 1.29 is 0 Å². The fourth-order valence-corrected chi connectivity index (χ4v) is 3.05. The highest BCUT2D eigenvalue weighted by molar-refractivity contribution is 14.1. The van der Waals surface area contributed by atoms with Crippen molar-refractivity contribution in [2.45, 2.75) is 13.0 Å². The van der Waals surface area contributed by atoms with Crippen LogP contribution in [0, 0.1) is 10.5 Å². The maximum absolute atomic E-state index is 6.26. The number of rotatable bonds is 3. The second kappa shape index (κ2) is 6.41. The normalized spacial score (nSPS) is 12.5. The van der Waals surface area contributed by atoms with E-state index < -0.39 is 0 Å². The van der Waals surface area contributed by atoms with Crippen molar-refractivity contribution in [1.82, 2.24) is 5.43 Å². The Kier molecular flexibility index (Phi) is 5.09. The van der Waals surface area contributed by atoms with Crippen molar-refractivity contribution in [3.8, 4) is 0 Å². The zero-order chi connectivity index (χ0) is 14.0. The van der Waals surface area contributed by atoms with Crippen molar-refractivity contribution >= 4 is 45.8 Å². The van der Waals surface area contributed by atoms with Gasteiger partial charge in [0.1, 0.15) is 0 Å². The number of nitrogens with two attached hydrogens (primary N) is 1. The summed E-state index contributed by atoms with van der Waals surface area (Å²) in [6.07, 6.45) is 0. The van der Waals surface area contributed by atoms with Crippen LogP contribution in [0.4, 0.5) is 0 Å². The highest BCUT2D eigenvalue weighted by Crippen LogP contribution is 2.33. The minimum absolute atomic E-state index is 0.182. The third kappa shape index (κ3) is 3.23. The minimum Gasteiger partial charge on any atom is -0.271 e. The summed E-state index contributed by atoms with van der Waals surface area (Å²) in [7, 11) is 0. The van der Waals surface area contributed by atoms with Gasteiger partial charge >= 0.3 is 0 Å². The predicted octanol–water partition coefficient (Wildman–Crippen LogP) is 4.46. The molecule has 0 bridgehead atoms. The van der Waals surface area contributed by atoms with E-state index in [0.29, 0.717) is 10.0 Å².